The maximum absolute atomic E-state index is 12.1. The number of hydrogen-bond donors (Lipinski definition) is 2. The molecule has 0 saturated carbocycles. The molecule has 1 unspecified atom stereocenters. The van der Waals surface area contributed by atoms with E-state index in [0.29, 0.717) is 11.5 Å². The molecule has 5 heteroatoms. The Morgan fingerprint density at radius 2 is 2.44 bits per heavy atom. The molecule has 98 valence electrons. The molecule has 5 nitrogen and oxygen atoms in total. The van der Waals surface area contributed by atoms with E-state index >= 15 is 0 Å². The molecule has 1 aliphatic heterocycles. The van der Waals surface area contributed by atoms with E-state index in [2.05, 4.69) is 27.6 Å². The van der Waals surface area contributed by atoms with E-state index in [1.165, 1.54) is 0 Å². The maximum Gasteiger partial charge on any atom is 0.254 e. The van der Waals surface area contributed by atoms with Crippen LogP contribution in [0.15, 0.2) is 18.5 Å². The van der Waals surface area contributed by atoms with Gasteiger partial charge in [0.1, 0.15) is 0 Å². The second-order valence-electron chi connectivity index (χ2n) is 4.80. The van der Waals surface area contributed by atoms with E-state index in [0.717, 1.165) is 31.7 Å². The van der Waals surface area contributed by atoms with Crippen LogP contribution < -0.4 is 10.6 Å². The number of rotatable bonds is 4. The van der Waals surface area contributed by atoms with E-state index in [4.69, 9.17) is 0 Å². The van der Waals surface area contributed by atoms with Gasteiger partial charge in [0.05, 0.1) is 5.56 Å². The molecule has 2 heterocycles. The van der Waals surface area contributed by atoms with Crippen molar-refractivity contribution in [3.8, 4) is 0 Å². The summed E-state index contributed by atoms with van der Waals surface area (Å²) in [5.74, 6) is 0.510. The average molecular weight is 248 g/mol. The molecule has 2 rings (SSSR count). The van der Waals surface area contributed by atoms with E-state index in [1.807, 2.05) is 0 Å². The van der Waals surface area contributed by atoms with Crippen LogP contribution >= 0.6 is 0 Å². The van der Waals surface area contributed by atoms with Gasteiger partial charge in [0.2, 0.25) is 0 Å². The highest BCUT2D eigenvalue weighted by Gasteiger charge is 2.20. The molecule has 1 aromatic heterocycles. The first-order valence-corrected chi connectivity index (χ1v) is 6.29. The van der Waals surface area contributed by atoms with E-state index in [1.54, 1.807) is 25.5 Å². The standard InChI is InChI=1S/C13H20N4O/c1-14-12-3-5-15-8-11(12)13(18)16-7-10-4-6-17(2)9-10/h3,5,8,10H,4,6-7,9H2,1-2H3,(H,14,15)(H,16,18). The minimum absolute atomic E-state index is 0.0537. The lowest BCUT2D eigenvalue weighted by molar-refractivity contribution is 0.0948. The molecule has 1 aliphatic rings. The summed E-state index contributed by atoms with van der Waals surface area (Å²) in [7, 11) is 3.92. The number of likely N-dealkylation sites (tertiary alicyclic amines) is 1. The van der Waals surface area contributed by atoms with Crippen molar-refractivity contribution in [2.24, 2.45) is 5.92 Å². The van der Waals surface area contributed by atoms with Gasteiger partial charge in [-0.25, -0.2) is 0 Å². The Labute approximate surface area is 108 Å². The van der Waals surface area contributed by atoms with E-state index in [9.17, 15) is 4.79 Å². The Bertz CT molecular complexity index is 421. The van der Waals surface area contributed by atoms with Crippen molar-refractivity contribution in [2.75, 3.05) is 39.0 Å². The number of aromatic nitrogens is 1. The average Bonchev–Trinajstić information content (AvgIpc) is 2.81. The van der Waals surface area contributed by atoms with Gasteiger partial charge in [-0.2, -0.15) is 0 Å². The molecule has 0 bridgehead atoms. The molecule has 0 radical (unpaired) electrons. The molecule has 1 amide bonds. The lowest BCUT2D eigenvalue weighted by Crippen LogP contribution is -2.31. The molecule has 1 saturated heterocycles. The summed E-state index contributed by atoms with van der Waals surface area (Å²) in [6, 6.07) is 1.80. The quantitative estimate of drug-likeness (QED) is 0.827. The largest absolute Gasteiger partial charge is 0.387 e. The number of carbonyl (C=O) groups excluding carboxylic acids is 1. The van der Waals surface area contributed by atoms with E-state index < -0.39 is 0 Å². The lowest BCUT2D eigenvalue weighted by atomic mass is 10.1. The Balaban J connectivity index is 1.91. The monoisotopic (exact) mass is 248 g/mol. The number of nitrogens with one attached hydrogen (secondary N) is 2. The van der Waals surface area contributed by atoms with Crippen molar-refractivity contribution in [2.45, 2.75) is 6.42 Å². The van der Waals surface area contributed by atoms with Crippen LogP contribution in [0, 0.1) is 5.92 Å². The van der Waals surface area contributed by atoms with Gasteiger partial charge in [-0.1, -0.05) is 0 Å². The lowest BCUT2D eigenvalue weighted by Gasteiger charge is -2.13. The minimum Gasteiger partial charge on any atom is -0.387 e. The minimum atomic E-state index is -0.0537. The van der Waals surface area contributed by atoms with Gasteiger partial charge in [-0.05, 0) is 32.0 Å². The van der Waals surface area contributed by atoms with Crippen molar-refractivity contribution in [3.63, 3.8) is 0 Å². The second kappa shape index (κ2) is 5.82. The van der Waals surface area contributed by atoms with Crippen LogP contribution in [-0.2, 0) is 0 Å². The van der Waals surface area contributed by atoms with Crippen LogP contribution in [0.3, 0.4) is 0 Å². The first kappa shape index (κ1) is 12.8. The summed E-state index contributed by atoms with van der Waals surface area (Å²) >= 11 is 0. The van der Waals surface area contributed by atoms with Crippen LogP contribution in [0.2, 0.25) is 0 Å². The molecular weight excluding hydrogens is 228 g/mol. The van der Waals surface area contributed by atoms with Gasteiger partial charge in [0.25, 0.3) is 5.91 Å². The highest BCUT2D eigenvalue weighted by atomic mass is 16.1. The predicted molar refractivity (Wildman–Crippen MR) is 71.7 cm³/mol. The highest BCUT2D eigenvalue weighted by molar-refractivity contribution is 5.99. The third kappa shape index (κ3) is 2.98. The highest BCUT2D eigenvalue weighted by Crippen LogP contribution is 2.15. The van der Waals surface area contributed by atoms with Crippen LogP contribution in [0.25, 0.3) is 0 Å². The van der Waals surface area contributed by atoms with E-state index in [-0.39, 0.29) is 5.91 Å². The van der Waals surface area contributed by atoms with Gasteiger partial charge < -0.3 is 15.5 Å². The third-order valence-corrected chi connectivity index (χ3v) is 3.38. The van der Waals surface area contributed by atoms with Gasteiger partial charge in [0, 0.05) is 38.2 Å². The molecule has 1 atom stereocenters. The first-order chi connectivity index (χ1) is 8.70. The number of nitrogens with zero attached hydrogens (tertiary/aromatic N) is 2. The summed E-state index contributed by atoms with van der Waals surface area (Å²) in [5, 5.41) is 5.99. The Morgan fingerprint density at radius 3 is 3.11 bits per heavy atom. The smallest absolute Gasteiger partial charge is 0.254 e. The van der Waals surface area contributed by atoms with Crippen molar-refractivity contribution in [1.82, 2.24) is 15.2 Å². The maximum atomic E-state index is 12.1. The molecule has 0 aromatic carbocycles. The SMILES string of the molecule is CNc1ccncc1C(=O)NCC1CCN(C)C1. The first-order valence-electron chi connectivity index (χ1n) is 6.29. The fourth-order valence-corrected chi connectivity index (χ4v) is 2.32. The van der Waals surface area contributed by atoms with Gasteiger partial charge >= 0.3 is 0 Å². The molecular formula is C13H20N4O. The second-order valence-corrected chi connectivity index (χ2v) is 4.80. The van der Waals surface area contributed by atoms with Gasteiger partial charge in [0.15, 0.2) is 0 Å². The van der Waals surface area contributed by atoms with Crippen LogP contribution in [0.1, 0.15) is 16.8 Å². The Hall–Kier alpha value is -1.62. The van der Waals surface area contributed by atoms with Crippen molar-refractivity contribution >= 4 is 11.6 Å². The van der Waals surface area contributed by atoms with Gasteiger partial charge in [-0.15, -0.1) is 0 Å². The zero-order chi connectivity index (χ0) is 13.0. The molecule has 18 heavy (non-hydrogen) atoms. The Kier molecular flexibility index (Phi) is 4.15. The number of hydrogen-bond acceptors (Lipinski definition) is 4. The van der Waals surface area contributed by atoms with Crippen molar-refractivity contribution in [1.29, 1.82) is 0 Å². The summed E-state index contributed by atoms with van der Waals surface area (Å²) in [4.78, 5) is 18.3. The van der Waals surface area contributed by atoms with Crippen LogP contribution in [0.5, 0.6) is 0 Å². The number of amides is 1. The summed E-state index contributed by atoms with van der Waals surface area (Å²) in [5.41, 5.74) is 1.41. The number of anilines is 1. The van der Waals surface area contributed by atoms with Crippen molar-refractivity contribution < 1.29 is 4.79 Å². The predicted octanol–water partition coefficient (Wildman–Crippen LogP) is 0.805. The molecule has 1 aromatic rings. The summed E-state index contributed by atoms with van der Waals surface area (Å²) in [6.07, 6.45) is 4.43. The normalized spacial score (nSPS) is 19.8. The molecule has 1 fully saturated rings. The zero-order valence-corrected chi connectivity index (χ0v) is 10.9. The van der Waals surface area contributed by atoms with Gasteiger partial charge in [-0.3, -0.25) is 9.78 Å². The fraction of sp³-hybridized carbons (Fsp3) is 0.538. The summed E-state index contributed by atoms with van der Waals surface area (Å²) in [6.45, 7) is 2.92. The Morgan fingerprint density at radius 1 is 1.61 bits per heavy atom. The van der Waals surface area contributed by atoms with Crippen LogP contribution in [0.4, 0.5) is 5.69 Å². The topological polar surface area (TPSA) is 57.3 Å². The fourth-order valence-electron chi connectivity index (χ4n) is 2.32. The third-order valence-electron chi connectivity index (χ3n) is 3.38. The van der Waals surface area contributed by atoms with Crippen molar-refractivity contribution in [3.05, 3.63) is 24.0 Å². The van der Waals surface area contributed by atoms with Crippen LogP contribution in [-0.4, -0.2) is 49.5 Å². The molecule has 0 aliphatic carbocycles. The molecule has 2 N–H and O–H groups in total. The molecule has 0 spiro atoms. The number of carbonyl (C=O) groups is 1. The number of pyridine rings is 1. The zero-order valence-electron chi connectivity index (χ0n) is 10.9. The summed E-state index contributed by atoms with van der Waals surface area (Å²) < 4.78 is 0.